The molecule has 530 valence electrons. The summed E-state index contributed by atoms with van der Waals surface area (Å²) in [5.74, 6) is 0. The molecule has 0 unspecified atom stereocenters. The SMILES string of the molecule is Brc1ccc(-c2ccc3cc(N(c4ccccc4)c4ccccc4)ccc3c2)cc1.CC(C)(C)c1ccc(N(c2ccccc2)c2ccc3ccc4c(Br)ccc5ccc2c3c54)cc1.CC1(C)c2ccccc2-c2ccc(-n3c4ccccc4c4ccc(N(c5ccccc5)c5ccc6cc(Br)ccc6c5)cc43)cc21. The van der Waals surface area contributed by atoms with Gasteiger partial charge in [0.15, 0.2) is 0 Å². The second-order valence-corrected chi connectivity index (χ2v) is 32.8. The van der Waals surface area contributed by atoms with Crippen LogP contribution in [0.15, 0.2) is 390 Å². The van der Waals surface area contributed by atoms with Crippen molar-refractivity contribution < 1.29 is 0 Å². The zero-order chi connectivity index (χ0) is 74.8. The first kappa shape index (κ1) is 69.9. The molecule has 1 heterocycles. The van der Waals surface area contributed by atoms with Crippen molar-refractivity contribution in [3.63, 3.8) is 0 Å². The quantitative estimate of drug-likeness (QED) is 0.120. The van der Waals surface area contributed by atoms with Crippen LogP contribution in [-0.4, -0.2) is 4.57 Å². The third-order valence-corrected chi connectivity index (χ3v) is 23.6. The first-order valence-electron chi connectivity index (χ1n) is 37.5. The van der Waals surface area contributed by atoms with Crippen LogP contribution in [0.25, 0.3) is 104 Å². The summed E-state index contributed by atoms with van der Waals surface area (Å²) in [7, 11) is 0. The summed E-state index contributed by atoms with van der Waals surface area (Å²) in [6.07, 6.45) is 0. The molecule has 0 radical (unpaired) electrons. The number of nitrogens with zero attached hydrogens (tertiary/aromatic N) is 4. The van der Waals surface area contributed by atoms with Gasteiger partial charge in [0.2, 0.25) is 0 Å². The van der Waals surface area contributed by atoms with Gasteiger partial charge in [-0.3, -0.25) is 0 Å². The van der Waals surface area contributed by atoms with Crippen molar-refractivity contribution in [3.05, 3.63) is 406 Å². The van der Waals surface area contributed by atoms with Gasteiger partial charge >= 0.3 is 0 Å². The minimum absolute atomic E-state index is 0.0678. The van der Waals surface area contributed by atoms with Gasteiger partial charge < -0.3 is 19.3 Å². The maximum atomic E-state index is 3.77. The molecule has 18 aromatic carbocycles. The lowest BCUT2D eigenvalue weighted by Gasteiger charge is -2.28. The van der Waals surface area contributed by atoms with E-state index in [9.17, 15) is 0 Å². The molecule has 19 aromatic rings. The first-order chi connectivity index (χ1) is 53.7. The number of hydrogen-bond acceptors (Lipinski definition) is 3. The van der Waals surface area contributed by atoms with Crippen LogP contribution in [0.1, 0.15) is 51.3 Å². The maximum absolute atomic E-state index is 3.77. The third kappa shape index (κ3) is 13.1. The monoisotopic (exact) mass is 1610 g/mol. The molecule has 7 heteroatoms. The van der Waals surface area contributed by atoms with E-state index < -0.39 is 0 Å². The van der Waals surface area contributed by atoms with E-state index in [1.54, 1.807) is 0 Å². The molecular formula is C103H77Br3N4. The van der Waals surface area contributed by atoms with Crippen LogP contribution in [0.5, 0.6) is 0 Å². The van der Waals surface area contributed by atoms with E-state index in [-0.39, 0.29) is 10.8 Å². The van der Waals surface area contributed by atoms with Gasteiger partial charge in [-0.1, -0.05) is 301 Å². The Hall–Kier alpha value is -11.8. The Kier molecular flexibility index (Phi) is 18.4. The molecule has 0 saturated carbocycles. The summed E-state index contributed by atoms with van der Waals surface area (Å²) in [6.45, 7) is 11.5. The van der Waals surface area contributed by atoms with Crippen LogP contribution in [0.3, 0.4) is 0 Å². The zero-order valence-electron chi connectivity index (χ0n) is 61.7. The van der Waals surface area contributed by atoms with Crippen molar-refractivity contribution in [1.29, 1.82) is 0 Å². The highest BCUT2D eigenvalue weighted by Crippen LogP contribution is 2.51. The van der Waals surface area contributed by atoms with E-state index >= 15 is 0 Å². The van der Waals surface area contributed by atoms with Crippen LogP contribution in [-0.2, 0) is 10.8 Å². The molecule has 1 aliphatic carbocycles. The van der Waals surface area contributed by atoms with Crippen molar-refractivity contribution in [2.24, 2.45) is 0 Å². The van der Waals surface area contributed by atoms with Crippen molar-refractivity contribution in [2.75, 3.05) is 14.7 Å². The lowest BCUT2D eigenvalue weighted by molar-refractivity contribution is 0.590. The first-order valence-corrected chi connectivity index (χ1v) is 39.9. The van der Waals surface area contributed by atoms with E-state index in [4.69, 9.17) is 0 Å². The zero-order valence-corrected chi connectivity index (χ0v) is 66.5. The highest BCUT2D eigenvalue weighted by molar-refractivity contribution is 9.11. The standard InChI is InChI=1S/C43H31BrN2.C32H26BrN.C28H20BrN/c1-43(2)39-14-8-6-12-35(39)36-22-20-33(26-40(36)43)46-41-15-9-7-13-37(41)38-23-21-34(27-42(38)46)45(31-10-4-3-5-11-31)32-19-17-28-24-30(44)18-16-29(28)25-32;1-32(2,3)23-13-15-25(16-14-23)34(24-7-5-4-6-8-24)29-20-12-22-9-17-26-28(33)19-11-21-10-18-27(29)31(22)30(21)26;29-25-16-13-21(14-17-25)22-11-12-24-20-28(18-15-23(24)19-22)30(26-7-3-1-4-8-26)27-9-5-2-6-10-27/h3-27H,1-2H3;4-20H,1-3H3;1-20H. The van der Waals surface area contributed by atoms with E-state index in [0.29, 0.717) is 0 Å². The van der Waals surface area contributed by atoms with Crippen LogP contribution in [0.2, 0.25) is 0 Å². The highest BCUT2D eigenvalue weighted by atomic mass is 79.9. The minimum atomic E-state index is -0.0678. The molecule has 0 aliphatic heterocycles. The van der Waals surface area contributed by atoms with Gasteiger partial charge in [-0.25, -0.2) is 0 Å². The maximum Gasteiger partial charge on any atom is 0.0561 e. The van der Waals surface area contributed by atoms with E-state index in [2.05, 4.69) is 478 Å². The Bertz CT molecular complexity index is 6590. The Morgan fingerprint density at radius 1 is 0.282 bits per heavy atom. The highest BCUT2D eigenvalue weighted by Gasteiger charge is 2.36. The molecule has 0 saturated heterocycles. The Labute approximate surface area is 668 Å². The van der Waals surface area contributed by atoms with Gasteiger partial charge in [0.25, 0.3) is 0 Å². The lowest BCUT2D eigenvalue weighted by atomic mass is 9.82. The molecule has 0 fully saturated rings. The smallest absolute Gasteiger partial charge is 0.0561 e. The summed E-state index contributed by atoms with van der Waals surface area (Å²) in [5, 5.41) is 15.1. The summed E-state index contributed by atoms with van der Waals surface area (Å²) in [6, 6.07) is 136. The van der Waals surface area contributed by atoms with Gasteiger partial charge in [0.1, 0.15) is 0 Å². The number of halogens is 3. The molecule has 0 atom stereocenters. The molecule has 4 nitrogen and oxygen atoms in total. The van der Waals surface area contributed by atoms with Crippen molar-refractivity contribution in [2.45, 2.75) is 45.4 Å². The summed E-state index contributed by atoms with van der Waals surface area (Å²) < 4.78 is 5.77. The molecule has 20 rings (SSSR count). The van der Waals surface area contributed by atoms with Gasteiger partial charge in [-0.2, -0.15) is 0 Å². The summed E-state index contributed by atoms with van der Waals surface area (Å²) in [5.41, 5.74) is 23.2. The predicted molar refractivity (Wildman–Crippen MR) is 481 cm³/mol. The van der Waals surface area contributed by atoms with Crippen LogP contribution in [0, 0.1) is 0 Å². The normalized spacial score (nSPS) is 12.3. The fourth-order valence-electron chi connectivity index (χ4n) is 16.4. The average molecular weight is 1610 g/mol. The minimum Gasteiger partial charge on any atom is -0.310 e. The number of hydrogen-bond donors (Lipinski definition) is 0. The Morgan fingerprint density at radius 3 is 1.36 bits per heavy atom. The molecule has 0 N–H and O–H groups in total. The predicted octanol–water partition coefficient (Wildman–Crippen LogP) is 31.3. The second-order valence-electron chi connectivity index (χ2n) is 30.1. The number of rotatable bonds is 11. The van der Waals surface area contributed by atoms with Crippen LogP contribution in [0.4, 0.5) is 51.2 Å². The van der Waals surface area contributed by atoms with Crippen molar-refractivity contribution >= 4 is 175 Å². The van der Waals surface area contributed by atoms with Crippen LogP contribution >= 0.6 is 47.8 Å². The van der Waals surface area contributed by atoms with E-state index in [0.717, 1.165) is 58.9 Å². The van der Waals surface area contributed by atoms with Gasteiger partial charge in [0.05, 0.1) is 16.7 Å². The van der Waals surface area contributed by atoms with Crippen molar-refractivity contribution in [3.8, 4) is 27.9 Å². The van der Waals surface area contributed by atoms with E-state index in [1.807, 2.05) is 0 Å². The molecule has 0 amide bonds. The fourth-order valence-corrected chi connectivity index (χ4v) is 17.5. The van der Waals surface area contributed by atoms with Gasteiger partial charge in [-0.15, -0.1) is 0 Å². The van der Waals surface area contributed by atoms with E-state index in [1.165, 1.54) is 126 Å². The average Bonchev–Trinajstić information content (AvgIpc) is 1.26. The molecular weight excluding hydrogens is 1530 g/mol. The lowest BCUT2D eigenvalue weighted by Crippen LogP contribution is -2.15. The van der Waals surface area contributed by atoms with Crippen molar-refractivity contribution in [1.82, 2.24) is 4.57 Å². The summed E-state index contributed by atoms with van der Waals surface area (Å²) in [4.78, 5) is 7.04. The number of anilines is 9. The Morgan fingerprint density at radius 2 is 0.718 bits per heavy atom. The molecule has 1 aliphatic rings. The molecule has 110 heavy (non-hydrogen) atoms. The summed E-state index contributed by atoms with van der Waals surface area (Å²) >= 11 is 10.9. The Balaban J connectivity index is 0.000000119. The molecule has 1 aromatic heterocycles. The number of aromatic nitrogens is 1. The number of fused-ring (bicyclic) bond motifs is 8. The topological polar surface area (TPSA) is 14.7 Å². The van der Waals surface area contributed by atoms with Crippen LogP contribution < -0.4 is 14.7 Å². The third-order valence-electron chi connectivity index (χ3n) is 21.9. The van der Waals surface area contributed by atoms with Gasteiger partial charge in [-0.05, 0) is 251 Å². The number of para-hydroxylation sites is 5. The molecule has 0 bridgehead atoms. The van der Waals surface area contributed by atoms with Gasteiger partial charge in [0, 0.05) is 86.2 Å². The second kappa shape index (κ2) is 29.0. The largest absolute Gasteiger partial charge is 0.310 e. The number of benzene rings is 18. The molecule has 0 spiro atoms. The fraction of sp³-hybridized carbons (Fsp3) is 0.0680.